The SMILES string of the molecule is C=CCN(CCC)c1ccc(C(F)(F)F)c(C#N)c1. The van der Waals surface area contributed by atoms with E-state index in [4.69, 9.17) is 5.26 Å². The van der Waals surface area contributed by atoms with Gasteiger partial charge in [-0.2, -0.15) is 18.4 Å². The molecule has 0 aliphatic carbocycles. The summed E-state index contributed by atoms with van der Waals surface area (Å²) < 4.78 is 38.1. The molecule has 0 aliphatic heterocycles. The standard InChI is InChI=1S/C14H15F3N2/c1-3-7-19(8-4-2)12-5-6-13(14(15,16)17)11(9-12)10-18/h3,5-6,9H,1,4,7-8H2,2H3. The summed E-state index contributed by atoms with van der Waals surface area (Å²) in [6, 6.07) is 5.24. The molecule has 0 radical (unpaired) electrons. The van der Waals surface area contributed by atoms with Gasteiger partial charge in [0, 0.05) is 18.8 Å². The highest BCUT2D eigenvalue weighted by Gasteiger charge is 2.33. The van der Waals surface area contributed by atoms with E-state index in [0.717, 1.165) is 12.5 Å². The van der Waals surface area contributed by atoms with Crippen LogP contribution in [-0.4, -0.2) is 13.1 Å². The summed E-state index contributed by atoms with van der Waals surface area (Å²) in [4.78, 5) is 1.88. The highest BCUT2D eigenvalue weighted by atomic mass is 19.4. The maximum Gasteiger partial charge on any atom is 0.417 e. The molecular formula is C14H15F3N2. The molecule has 0 saturated carbocycles. The minimum Gasteiger partial charge on any atom is -0.368 e. The molecule has 0 fully saturated rings. The van der Waals surface area contributed by atoms with Crippen LogP contribution in [-0.2, 0) is 6.18 Å². The van der Waals surface area contributed by atoms with Crippen molar-refractivity contribution in [3.63, 3.8) is 0 Å². The maximum atomic E-state index is 12.7. The monoisotopic (exact) mass is 268 g/mol. The van der Waals surface area contributed by atoms with Gasteiger partial charge in [0.25, 0.3) is 0 Å². The molecule has 0 unspecified atom stereocenters. The van der Waals surface area contributed by atoms with Crippen LogP contribution in [0.2, 0.25) is 0 Å². The van der Waals surface area contributed by atoms with Crippen LogP contribution >= 0.6 is 0 Å². The fourth-order valence-electron chi connectivity index (χ4n) is 1.82. The lowest BCUT2D eigenvalue weighted by atomic mass is 10.1. The van der Waals surface area contributed by atoms with Crippen LogP contribution in [0.1, 0.15) is 24.5 Å². The van der Waals surface area contributed by atoms with E-state index in [1.807, 2.05) is 11.8 Å². The predicted molar refractivity (Wildman–Crippen MR) is 68.9 cm³/mol. The molecule has 0 spiro atoms. The quantitative estimate of drug-likeness (QED) is 0.755. The third-order valence-electron chi connectivity index (χ3n) is 2.64. The van der Waals surface area contributed by atoms with Crippen LogP contribution in [0.25, 0.3) is 0 Å². The first-order valence-corrected chi connectivity index (χ1v) is 5.91. The maximum absolute atomic E-state index is 12.7. The van der Waals surface area contributed by atoms with Gasteiger partial charge in [0.2, 0.25) is 0 Å². The van der Waals surface area contributed by atoms with Crippen molar-refractivity contribution in [1.29, 1.82) is 5.26 Å². The topological polar surface area (TPSA) is 27.0 Å². The van der Waals surface area contributed by atoms with Gasteiger partial charge in [-0.05, 0) is 24.6 Å². The van der Waals surface area contributed by atoms with E-state index < -0.39 is 11.7 Å². The molecule has 1 aromatic carbocycles. The fraction of sp³-hybridized carbons (Fsp3) is 0.357. The Morgan fingerprint density at radius 1 is 1.42 bits per heavy atom. The molecule has 0 atom stereocenters. The van der Waals surface area contributed by atoms with E-state index in [1.54, 1.807) is 12.1 Å². The second kappa shape index (κ2) is 6.28. The normalized spacial score (nSPS) is 10.9. The molecule has 2 nitrogen and oxygen atoms in total. The molecule has 0 amide bonds. The van der Waals surface area contributed by atoms with E-state index in [-0.39, 0.29) is 5.56 Å². The van der Waals surface area contributed by atoms with Crippen molar-refractivity contribution < 1.29 is 13.2 Å². The van der Waals surface area contributed by atoms with Crippen LogP contribution < -0.4 is 4.90 Å². The van der Waals surface area contributed by atoms with Gasteiger partial charge in [0.15, 0.2) is 0 Å². The Bertz CT molecular complexity index is 486. The molecule has 1 aromatic rings. The van der Waals surface area contributed by atoms with Crippen LogP contribution in [0.5, 0.6) is 0 Å². The highest BCUT2D eigenvalue weighted by molar-refractivity contribution is 5.55. The zero-order valence-electron chi connectivity index (χ0n) is 10.7. The zero-order valence-corrected chi connectivity index (χ0v) is 10.7. The van der Waals surface area contributed by atoms with E-state index in [0.29, 0.717) is 18.8 Å². The van der Waals surface area contributed by atoms with Gasteiger partial charge >= 0.3 is 6.18 Å². The second-order valence-electron chi connectivity index (χ2n) is 4.07. The van der Waals surface area contributed by atoms with Gasteiger partial charge in [-0.25, -0.2) is 0 Å². The van der Waals surface area contributed by atoms with Crippen LogP contribution in [0.15, 0.2) is 30.9 Å². The summed E-state index contributed by atoms with van der Waals surface area (Å²) in [5.74, 6) is 0. The summed E-state index contributed by atoms with van der Waals surface area (Å²) in [6.07, 6.45) is -1.96. The smallest absolute Gasteiger partial charge is 0.368 e. The first-order valence-electron chi connectivity index (χ1n) is 5.91. The molecule has 0 aromatic heterocycles. The third-order valence-corrected chi connectivity index (χ3v) is 2.64. The van der Waals surface area contributed by atoms with Gasteiger partial charge in [-0.3, -0.25) is 0 Å². The number of nitriles is 1. The van der Waals surface area contributed by atoms with Gasteiger partial charge in [-0.15, -0.1) is 6.58 Å². The lowest BCUT2D eigenvalue weighted by molar-refractivity contribution is -0.137. The molecule has 0 saturated heterocycles. The molecule has 0 bridgehead atoms. The molecule has 0 heterocycles. The van der Waals surface area contributed by atoms with Crippen molar-refractivity contribution in [3.8, 4) is 6.07 Å². The molecule has 0 aliphatic rings. The second-order valence-corrected chi connectivity index (χ2v) is 4.07. The molecule has 5 heteroatoms. The Morgan fingerprint density at radius 2 is 2.11 bits per heavy atom. The van der Waals surface area contributed by atoms with Crippen LogP contribution in [0.3, 0.4) is 0 Å². The van der Waals surface area contributed by atoms with Gasteiger partial charge < -0.3 is 4.90 Å². The number of alkyl halides is 3. The van der Waals surface area contributed by atoms with Crippen molar-refractivity contribution in [3.05, 3.63) is 42.0 Å². The third kappa shape index (κ3) is 3.75. The minimum absolute atomic E-state index is 0.352. The van der Waals surface area contributed by atoms with E-state index in [2.05, 4.69) is 6.58 Å². The molecule has 102 valence electrons. The summed E-state index contributed by atoms with van der Waals surface area (Å²) in [5.41, 5.74) is -0.643. The Labute approximate surface area is 110 Å². The summed E-state index contributed by atoms with van der Waals surface area (Å²) in [6.45, 7) is 6.83. The zero-order chi connectivity index (χ0) is 14.5. The highest BCUT2D eigenvalue weighted by Crippen LogP contribution is 2.33. The van der Waals surface area contributed by atoms with E-state index in [1.165, 1.54) is 12.1 Å². The van der Waals surface area contributed by atoms with Crippen molar-refractivity contribution in [2.45, 2.75) is 19.5 Å². The number of hydrogen-bond donors (Lipinski definition) is 0. The predicted octanol–water partition coefficient (Wildman–Crippen LogP) is 3.98. The fourth-order valence-corrected chi connectivity index (χ4v) is 1.82. The number of halogens is 3. The van der Waals surface area contributed by atoms with Gasteiger partial charge in [0.05, 0.1) is 17.2 Å². The summed E-state index contributed by atoms with van der Waals surface area (Å²) in [5, 5.41) is 8.86. The average Bonchev–Trinajstić information content (AvgIpc) is 2.36. The van der Waals surface area contributed by atoms with Gasteiger partial charge in [0.1, 0.15) is 0 Å². The van der Waals surface area contributed by atoms with Crippen molar-refractivity contribution in [1.82, 2.24) is 0 Å². The molecule has 1 rings (SSSR count). The lowest BCUT2D eigenvalue weighted by Gasteiger charge is -2.23. The number of anilines is 1. The number of benzene rings is 1. The molecule has 19 heavy (non-hydrogen) atoms. The Kier molecular flexibility index (Phi) is 4.99. The molecule has 0 N–H and O–H groups in total. The molecular weight excluding hydrogens is 253 g/mol. The first kappa shape index (κ1) is 15.1. The summed E-state index contributed by atoms with van der Waals surface area (Å²) >= 11 is 0. The van der Waals surface area contributed by atoms with E-state index in [9.17, 15) is 13.2 Å². The summed E-state index contributed by atoms with van der Waals surface area (Å²) in [7, 11) is 0. The Balaban J connectivity index is 3.19. The number of nitrogens with zero attached hydrogens (tertiary/aromatic N) is 2. The van der Waals surface area contributed by atoms with Gasteiger partial charge in [-0.1, -0.05) is 13.0 Å². The van der Waals surface area contributed by atoms with E-state index >= 15 is 0 Å². The lowest BCUT2D eigenvalue weighted by Crippen LogP contribution is -2.24. The Hall–Kier alpha value is -1.96. The van der Waals surface area contributed by atoms with Crippen LogP contribution in [0, 0.1) is 11.3 Å². The van der Waals surface area contributed by atoms with Crippen molar-refractivity contribution >= 4 is 5.69 Å². The van der Waals surface area contributed by atoms with Crippen molar-refractivity contribution in [2.24, 2.45) is 0 Å². The van der Waals surface area contributed by atoms with Crippen LogP contribution in [0.4, 0.5) is 18.9 Å². The number of hydrogen-bond acceptors (Lipinski definition) is 2. The Morgan fingerprint density at radius 3 is 2.58 bits per heavy atom. The van der Waals surface area contributed by atoms with Crippen molar-refractivity contribution in [2.75, 3.05) is 18.0 Å². The first-order chi connectivity index (χ1) is 8.93. The minimum atomic E-state index is -4.50. The number of rotatable bonds is 5. The average molecular weight is 268 g/mol. The largest absolute Gasteiger partial charge is 0.417 e.